The van der Waals surface area contributed by atoms with Crippen LogP contribution in [0.25, 0.3) is 22.2 Å². The van der Waals surface area contributed by atoms with E-state index < -0.39 is 17.6 Å². The Kier molecular flexibility index (Phi) is 5.54. The number of anilines is 2. The summed E-state index contributed by atoms with van der Waals surface area (Å²) in [7, 11) is 1.84. The van der Waals surface area contributed by atoms with Crippen LogP contribution < -0.4 is 10.2 Å². The van der Waals surface area contributed by atoms with Crippen molar-refractivity contribution in [2.24, 2.45) is 7.05 Å². The van der Waals surface area contributed by atoms with Crippen LogP contribution >= 0.6 is 0 Å². The minimum absolute atomic E-state index is 0.233. The average molecular weight is 471 g/mol. The highest BCUT2D eigenvalue weighted by molar-refractivity contribution is 5.99. The van der Waals surface area contributed by atoms with Crippen LogP contribution in [0.1, 0.15) is 18.4 Å². The summed E-state index contributed by atoms with van der Waals surface area (Å²) in [6.45, 7) is 1.15. The maximum absolute atomic E-state index is 13.3. The van der Waals surface area contributed by atoms with Gasteiger partial charge in [-0.25, -0.2) is 9.37 Å². The Hall–Kier alpha value is -3.76. The van der Waals surface area contributed by atoms with E-state index in [1.54, 1.807) is 10.9 Å². The topological polar surface area (TPSA) is 71.8 Å². The predicted octanol–water partition coefficient (Wildman–Crippen LogP) is 4.66. The Morgan fingerprint density at radius 2 is 1.76 bits per heavy atom. The molecule has 1 saturated heterocycles. The lowest BCUT2D eigenvalue weighted by atomic mass is 10.0. The third-order valence-electron chi connectivity index (χ3n) is 6.03. The van der Waals surface area contributed by atoms with E-state index in [4.69, 9.17) is 0 Å². The van der Waals surface area contributed by atoms with Crippen LogP contribution in [0.4, 0.5) is 29.2 Å². The first-order valence-electron chi connectivity index (χ1n) is 10.8. The molecule has 3 aromatic heterocycles. The van der Waals surface area contributed by atoms with E-state index in [9.17, 15) is 17.6 Å². The van der Waals surface area contributed by atoms with Crippen molar-refractivity contribution in [2.75, 3.05) is 23.3 Å². The molecule has 5 rings (SSSR count). The van der Waals surface area contributed by atoms with E-state index in [2.05, 4.69) is 30.5 Å². The van der Waals surface area contributed by atoms with Crippen molar-refractivity contribution in [1.82, 2.24) is 25.0 Å². The summed E-state index contributed by atoms with van der Waals surface area (Å²) in [5.74, 6) is -0.637. The minimum atomic E-state index is -4.69. The number of hydrogen-bond acceptors (Lipinski definition) is 6. The molecule has 176 valence electrons. The van der Waals surface area contributed by atoms with Gasteiger partial charge in [0.25, 0.3) is 0 Å². The largest absolute Gasteiger partial charge is 0.420 e. The highest BCUT2D eigenvalue weighted by Gasteiger charge is 2.36. The van der Waals surface area contributed by atoms with E-state index in [0.29, 0.717) is 32.0 Å². The molecular weight excluding hydrogens is 450 g/mol. The number of nitrogens with one attached hydrogen (secondary N) is 1. The number of benzene rings is 1. The molecule has 34 heavy (non-hydrogen) atoms. The second-order valence-electron chi connectivity index (χ2n) is 8.21. The van der Waals surface area contributed by atoms with Gasteiger partial charge in [0.05, 0.1) is 11.9 Å². The van der Waals surface area contributed by atoms with Crippen LogP contribution in [0.3, 0.4) is 0 Å². The van der Waals surface area contributed by atoms with Gasteiger partial charge < -0.3 is 10.2 Å². The Balaban J connectivity index is 1.36. The van der Waals surface area contributed by atoms with Crippen LogP contribution in [0, 0.1) is 5.82 Å². The third-order valence-corrected chi connectivity index (χ3v) is 6.03. The van der Waals surface area contributed by atoms with Crippen LogP contribution in [0.5, 0.6) is 0 Å². The first-order chi connectivity index (χ1) is 16.3. The summed E-state index contributed by atoms with van der Waals surface area (Å²) in [6, 6.07) is 9.97. The van der Waals surface area contributed by atoms with E-state index in [0.717, 1.165) is 34.2 Å². The van der Waals surface area contributed by atoms with Gasteiger partial charge >= 0.3 is 6.18 Å². The SMILES string of the molecule is Cn1nccc1-c1nnc(N2CCC(Nc3ncc(F)cc3C(F)(F)F)CC2)c2ccccc12. The molecule has 7 nitrogen and oxygen atoms in total. The lowest BCUT2D eigenvalue weighted by molar-refractivity contribution is -0.137. The quantitative estimate of drug-likeness (QED) is 0.437. The number of pyridine rings is 1. The van der Waals surface area contributed by atoms with Crippen molar-refractivity contribution in [1.29, 1.82) is 0 Å². The Bertz CT molecular complexity index is 1330. The number of fused-ring (bicyclic) bond motifs is 1. The number of rotatable bonds is 4. The van der Waals surface area contributed by atoms with E-state index >= 15 is 0 Å². The number of piperidine rings is 1. The molecule has 4 heterocycles. The molecule has 4 aromatic rings. The van der Waals surface area contributed by atoms with Gasteiger partial charge in [0.1, 0.15) is 22.9 Å². The molecule has 0 aliphatic carbocycles. The van der Waals surface area contributed by atoms with Crippen molar-refractivity contribution in [3.05, 3.63) is 60.2 Å². The summed E-state index contributed by atoms with van der Waals surface area (Å²) >= 11 is 0. The van der Waals surface area contributed by atoms with Crippen molar-refractivity contribution < 1.29 is 17.6 Å². The van der Waals surface area contributed by atoms with E-state index in [1.165, 1.54) is 0 Å². The van der Waals surface area contributed by atoms with Gasteiger partial charge in [-0.1, -0.05) is 24.3 Å². The highest BCUT2D eigenvalue weighted by Crippen LogP contribution is 2.36. The molecular formula is C23H21F4N7. The van der Waals surface area contributed by atoms with Gasteiger partial charge in [-0.2, -0.15) is 18.3 Å². The number of halogens is 4. The van der Waals surface area contributed by atoms with Gasteiger partial charge in [0, 0.05) is 43.1 Å². The molecule has 0 bridgehead atoms. The zero-order valence-corrected chi connectivity index (χ0v) is 18.2. The fourth-order valence-corrected chi connectivity index (χ4v) is 4.32. The van der Waals surface area contributed by atoms with Crippen LogP contribution in [-0.2, 0) is 13.2 Å². The van der Waals surface area contributed by atoms with Crippen molar-refractivity contribution in [3.63, 3.8) is 0 Å². The van der Waals surface area contributed by atoms with E-state index in [-0.39, 0.29) is 11.9 Å². The summed E-state index contributed by atoms with van der Waals surface area (Å²) in [5, 5.41) is 17.9. The van der Waals surface area contributed by atoms with Gasteiger partial charge in [0.2, 0.25) is 0 Å². The number of hydrogen-bond donors (Lipinski definition) is 1. The van der Waals surface area contributed by atoms with Crippen LogP contribution in [-0.4, -0.2) is 44.1 Å². The normalized spacial score (nSPS) is 15.1. The molecule has 1 fully saturated rings. The maximum atomic E-state index is 13.3. The van der Waals surface area contributed by atoms with Gasteiger partial charge in [0.15, 0.2) is 5.82 Å². The van der Waals surface area contributed by atoms with E-state index in [1.807, 2.05) is 37.4 Å². The number of aryl methyl sites for hydroxylation is 1. The van der Waals surface area contributed by atoms with Crippen molar-refractivity contribution in [3.8, 4) is 11.4 Å². The monoisotopic (exact) mass is 471 g/mol. The molecule has 0 unspecified atom stereocenters. The Labute approximate surface area is 192 Å². The zero-order valence-electron chi connectivity index (χ0n) is 18.2. The Morgan fingerprint density at radius 1 is 1.03 bits per heavy atom. The second-order valence-corrected chi connectivity index (χ2v) is 8.21. The molecule has 1 aliphatic rings. The van der Waals surface area contributed by atoms with Crippen molar-refractivity contribution in [2.45, 2.75) is 25.1 Å². The molecule has 0 amide bonds. The summed E-state index contributed by atoms with van der Waals surface area (Å²) < 4.78 is 55.0. The molecule has 0 atom stereocenters. The average Bonchev–Trinajstić information content (AvgIpc) is 3.25. The molecule has 0 saturated carbocycles. The Morgan fingerprint density at radius 3 is 2.44 bits per heavy atom. The second kappa shape index (κ2) is 8.54. The van der Waals surface area contributed by atoms with Crippen LogP contribution in [0.15, 0.2) is 48.8 Å². The summed E-state index contributed by atoms with van der Waals surface area (Å²) in [6.07, 6.45) is -1.07. The first-order valence-corrected chi connectivity index (χ1v) is 10.8. The molecule has 1 aromatic carbocycles. The van der Waals surface area contributed by atoms with Gasteiger partial charge in [-0.05, 0) is 25.0 Å². The third kappa shape index (κ3) is 4.13. The molecule has 1 N–H and O–H groups in total. The minimum Gasteiger partial charge on any atom is -0.367 e. The number of nitrogens with zero attached hydrogens (tertiary/aromatic N) is 6. The van der Waals surface area contributed by atoms with Crippen molar-refractivity contribution >= 4 is 22.4 Å². The zero-order chi connectivity index (χ0) is 23.9. The smallest absolute Gasteiger partial charge is 0.367 e. The molecule has 1 aliphatic heterocycles. The highest BCUT2D eigenvalue weighted by atomic mass is 19.4. The summed E-state index contributed by atoms with van der Waals surface area (Å²) in [5.41, 5.74) is 0.487. The first kappa shape index (κ1) is 22.1. The van der Waals surface area contributed by atoms with Gasteiger partial charge in [-0.3, -0.25) is 4.68 Å². The molecule has 11 heteroatoms. The van der Waals surface area contributed by atoms with Crippen LogP contribution in [0.2, 0.25) is 0 Å². The maximum Gasteiger partial charge on any atom is 0.420 e. The molecule has 0 spiro atoms. The molecule has 0 radical (unpaired) electrons. The fraction of sp³-hybridized carbons (Fsp3) is 0.304. The number of alkyl halides is 3. The lowest BCUT2D eigenvalue weighted by Gasteiger charge is -2.34. The van der Waals surface area contributed by atoms with Gasteiger partial charge in [-0.15, -0.1) is 10.2 Å². The summed E-state index contributed by atoms with van der Waals surface area (Å²) in [4.78, 5) is 5.74. The number of aromatic nitrogens is 5. The standard InChI is InChI=1S/C23H21F4N7/c1-33-19(6-9-29-33)20-16-4-2-3-5-17(16)22(32-31-20)34-10-7-15(8-11-34)30-21-18(23(25,26)27)12-14(24)13-28-21/h2-6,9,12-13,15H,7-8,10-11H2,1H3,(H,28,30). The fourth-order valence-electron chi connectivity index (χ4n) is 4.32. The predicted molar refractivity (Wildman–Crippen MR) is 120 cm³/mol. The lowest BCUT2D eigenvalue weighted by Crippen LogP contribution is -2.40.